The molecule has 0 fully saturated rings. The summed E-state index contributed by atoms with van der Waals surface area (Å²) >= 11 is 0. The molecule has 0 aliphatic rings. The Balaban J connectivity index is 2.13. The molecule has 1 heterocycles. The maximum atomic E-state index is 12.1. The van der Waals surface area contributed by atoms with Crippen LogP contribution in [0.1, 0.15) is 5.56 Å². The fourth-order valence-corrected chi connectivity index (χ4v) is 1.51. The fourth-order valence-electron chi connectivity index (χ4n) is 1.51. The summed E-state index contributed by atoms with van der Waals surface area (Å²) in [6, 6.07) is 5.29. The topological polar surface area (TPSA) is 85.1 Å². The highest BCUT2D eigenvalue weighted by Gasteiger charge is 2.30. The van der Waals surface area contributed by atoms with Gasteiger partial charge in [0.2, 0.25) is 5.95 Å². The van der Waals surface area contributed by atoms with Crippen LogP contribution in [0, 0.1) is 6.92 Å². The molecule has 0 unspecified atom stereocenters. The number of rotatable bonds is 4. The minimum Gasteiger partial charge on any atom is -0.406 e. The van der Waals surface area contributed by atoms with E-state index in [0.29, 0.717) is 11.5 Å². The number of nitrogens with one attached hydrogen (secondary N) is 2. The maximum absolute atomic E-state index is 12.1. The Morgan fingerprint density at radius 3 is 2.43 bits per heavy atom. The number of nitrogens with two attached hydrogens (primary N) is 1. The van der Waals surface area contributed by atoms with E-state index < -0.39 is 6.36 Å². The summed E-state index contributed by atoms with van der Waals surface area (Å²) in [7, 11) is 0. The van der Waals surface area contributed by atoms with Crippen molar-refractivity contribution >= 4 is 17.5 Å². The van der Waals surface area contributed by atoms with Crippen molar-refractivity contribution in [3.8, 4) is 5.75 Å². The van der Waals surface area contributed by atoms with E-state index in [2.05, 4.69) is 25.4 Å². The van der Waals surface area contributed by atoms with Crippen molar-refractivity contribution in [2.45, 2.75) is 13.3 Å². The monoisotopic (exact) mass is 299 g/mol. The van der Waals surface area contributed by atoms with Gasteiger partial charge >= 0.3 is 6.36 Å². The van der Waals surface area contributed by atoms with Gasteiger partial charge in [-0.15, -0.1) is 13.2 Å². The standard InChI is InChI=1S/C12H12F3N5O/c1-7-6-17-11(20-16)19-10(7)18-8-2-4-9(5-3-8)21-12(13,14)15/h2-6H,16H2,1H3,(H2,17,18,19,20). The number of ether oxygens (including phenoxy) is 1. The van der Waals surface area contributed by atoms with Crippen molar-refractivity contribution < 1.29 is 17.9 Å². The Labute approximate surface area is 118 Å². The van der Waals surface area contributed by atoms with Crippen LogP contribution in [-0.4, -0.2) is 16.3 Å². The molecule has 2 rings (SSSR count). The van der Waals surface area contributed by atoms with E-state index in [-0.39, 0.29) is 11.7 Å². The molecule has 0 saturated carbocycles. The van der Waals surface area contributed by atoms with Crippen LogP contribution in [-0.2, 0) is 0 Å². The van der Waals surface area contributed by atoms with E-state index in [9.17, 15) is 13.2 Å². The Morgan fingerprint density at radius 1 is 1.19 bits per heavy atom. The first-order valence-corrected chi connectivity index (χ1v) is 5.80. The lowest BCUT2D eigenvalue weighted by molar-refractivity contribution is -0.274. The molecule has 0 spiro atoms. The average Bonchev–Trinajstić information content (AvgIpc) is 2.42. The van der Waals surface area contributed by atoms with Gasteiger partial charge in [0, 0.05) is 17.4 Å². The highest BCUT2D eigenvalue weighted by molar-refractivity contribution is 5.60. The Morgan fingerprint density at radius 2 is 1.86 bits per heavy atom. The average molecular weight is 299 g/mol. The van der Waals surface area contributed by atoms with Crippen LogP contribution in [0.15, 0.2) is 30.5 Å². The second kappa shape index (κ2) is 5.83. The smallest absolute Gasteiger partial charge is 0.406 e. The van der Waals surface area contributed by atoms with Crippen molar-refractivity contribution in [3.63, 3.8) is 0 Å². The van der Waals surface area contributed by atoms with E-state index in [1.165, 1.54) is 24.3 Å². The molecule has 0 amide bonds. The summed E-state index contributed by atoms with van der Waals surface area (Å²) in [5, 5.41) is 2.95. The largest absolute Gasteiger partial charge is 0.573 e. The third-order valence-corrected chi connectivity index (χ3v) is 2.45. The number of hydrogen-bond acceptors (Lipinski definition) is 6. The maximum Gasteiger partial charge on any atom is 0.573 e. The van der Waals surface area contributed by atoms with Crippen molar-refractivity contribution in [2.75, 3.05) is 10.7 Å². The van der Waals surface area contributed by atoms with Gasteiger partial charge < -0.3 is 10.1 Å². The van der Waals surface area contributed by atoms with Crippen molar-refractivity contribution in [1.82, 2.24) is 9.97 Å². The van der Waals surface area contributed by atoms with Crippen molar-refractivity contribution in [1.29, 1.82) is 0 Å². The molecule has 1 aromatic carbocycles. The van der Waals surface area contributed by atoms with Gasteiger partial charge in [0.25, 0.3) is 0 Å². The summed E-state index contributed by atoms with van der Waals surface area (Å²) in [5.41, 5.74) is 3.61. The summed E-state index contributed by atoms with van der Waals surface area (Å²) < 4.78 is 39.9. The first-order valence-electron chi connectivity index (χ1n) is 5.80. The molecule has 0 aliphatic heterocycles. The number of hydrazine groups is 1. The second-order valence-corrected chi connectivity index (χ2v) is 4.07. The van der Waals surface area contributed by atoms with Crippen LogP contribution < -0.4 is 21.3 Å². The van der Waals surface area contributed by atoms with E-state index in [1.54, 1.807) is 13.1 Å². The molecule has 0 radical (unpaired) electrons. The van der Waals surface area contributed by atoms with E-state index >= 15 is 0 Å². The molecule has 21 heavy (non-hydrogen) atoms. The number of nitrogen functional groups attached to an aromatic ring is 1. The predicted octanol–water partition coefficient (Wildman–Crippen LogP) is 2.71. The zero-order chi connectivity index (χ0) is 15.5. The van der Waals surface area contributed by atoms with Gasteiger partial charge in [-0.3, -0.25) is 5.43 Å². The number of hydrogen-bond donors (Lipinski definition) is 3. The van der Waals surface area contributed by atoms with Crippen LogP contribution in [0.4, 0.5) is 30.6 Å². The summed E-state index contributed by atoms with van der Waals surface area (Å²) in [6.45, 7) is 1.78. The van der Waals surface area contributed by atoms with Crippen LogP contribution in [0.2, 0.25) is 0 Å². The molecule has 0 bridgehead atoms. The highest BCUT2D eigenvalue weighted by atomic mass is 19.4. The van der Waals surface area contributed by atoms with Gasteiger partial charge in [0.15, 0.2) is 0 Å². The molecule has 6 nitrogen and oxygen atoms in total. The SMILES string of the molecule is Cc1cnc(NN)nc1Nc1ccc(OC(F)(F)F)cc1. The number of halogens is 3. The fraction of sp³-hybridized carbons (Fsp3) is 0.167. The molecule has 0 saturated heterocycles. The molecule has 2 aromatic rings. The molecular weight excluding hydrogens is 287 g/mol. The number of benzene rings is 1. The first-order chi connectivity index (χ1) is 9.87. The summed E-state index contributed by atoms with van der Waals surface area (Å²) in [5.74, 6) is 5.63. The van der Waals surface area contributed by atoms with Gasteiger partial charge in [-0.2, -0.15) is 4.98 Å². The van der Waals surface area contributed by atoms with Crippen molar-refractivity contribution in [3.05, 3.63) is 36.0 Å². The Kier molecular flexibility index (Phi) is 4.13. The molecule has 0 aliphatic carbocycles. The lowest BCUT2D eigenvalue weighted by Gasteiger charge is -2.11. The lowest BCUT2D eigenvalue weighted by Crippen LogP contribution is -2.17. The first kappa shape index (κ1) is 14.9. The quantitative estimate of drug-likeness (QED) is 0.594. The molecule has 1 aromatic heterocycles. The van der Waals surface area contributed by atoms with E-state index in [4.69, 9.17) is 5.84 Å². The second-order valence-electron chi connectivity index (χ2n) is 4.07. The number of aromatic nitrogens is 2. The van der Waals surface area contributed by atoms with Gasteiger partial charge in [0.1, 0.15) is 11.6 Å². The van der Waals surface area contributed by atoms with Crippen molar-refractivity contribution in [2.24, 2.45) is 5.84 Å². The van der Waals surface area contributed by atoms with E-state index in [1.807, 2.05) is 0 Å². The molecule has 112 valence electrons. The molecule has 0 atom stereocenters. The number of aryl methyl sites for hydroxylation is 1. The zero-order valence-electron chi connectivity index (χ0n) is 10.9. The third-order valence-electron chi connectivity index (χ3n) is 2.45. The normalized spacial score (nSPS) is 11.1. The Bertz CT molecular complexity index is 615. The minimum atomic E-state index is -4.71. The molecule has 4 N–H and O–H groups in total. The summed E-state index contributed by atoms with van der Waals surface area (Å²) in [4.78, 5) is 8.02. The van der Waals surface area contributed by atoms with Crippen LogP contribution >= 0.6 is 0 Å². The molecule has 9 heteroatoms. The van der Waals surface area contributed by atoms with Crippen LogP contribution in [0.3, 0.4) is 0 Å². The number of anilines is 3. The predicted molar refractivity (Wildman–Crippen MR) is 71.0 cm³/mol. The van der Waals surface area contributed by atoms with Crippen LogP contribution in [0.5, 0.6) is 5.75 Å². The zero-order valence-corrected chi connectivity index (χ0v) is 10.9. The third kappa shape index (κ3) is 4.21. The highest BCUT2D eigenvalue weighted by Crippen LogP contribution is 2.25. The van der Waals surface area contributed by atoms with Gasteiger partial charge in [0.05, 0.1) is 0 Å². The van der Waals surface area contributed by atoms with E-state index in [0.717, 1.165) is 5.56 Å². The number of nitrogens with zero attached hydrogens (tertiary/aromatic N) is 2. The molecular formula is C12H12F3N5O. The van der Waals surface area contributed by atoms with Gasteiger partial charge in [-0.05, 0) is 31.2 Å². The Hall–Kier alpha value is -2.55. The number of alkyl halides is 3. The lowest BCUT2D eigenvalue weighted by atomic mass is 10.3. The van der Waals surface area contributed by atoms with Gasteiger partial charge in [-0.1, -0.05) is 0 Å². The van der Waals surface area contributed by atoms with Gasteiger partial charge in [-0.25, -0.2) is 10.8 Å². The minimum absolute atomic E-state index is 0.222. The summed E-state index contributed by atoms with van der Waals surface area (Å²) in [6.07, 6.45) is -3.15. The van der Waals surface area contributed by atoms with Crippen LogP contribution in [0.25, 0.3) is 0 Å².